The Hall–Kier alpha value is -2.70. The number of halogens is 3. The van der Waals surface area contributed by atoms with E-state index in [1.54, 1.807) is 0 Å². The molecule has 2 aromatic rings. The van der Waals surface area contributed by atoms with Crippen molar-refractivity contribution >= 4 is 12.0 Å². The van der Waals surface area contributed by atoms with Gasteiger partial charge in [-0.1, -0.05) is 12.1 Å². The molecule has 7 heteroatoms. The van der Waals surface area contributed by atoms with Gasteiger partial charge in [0.1, 0.15) is 22.8 Å². The number of furan rings is 1. The third-order valence-electron chi connectivity index (χ3n) is 2.81. The van der Waals surface area contributed by atoms with Crippen LogP contribution in [0.5, 0.6) is 5.75 Å². The smallest absolute Gasteiger partial charge is 0.420 e. The average Bonchev–Trinajstić information content (AvgIpc) is 2.92. The van der Waals surface area contributed by atoms with Crippen LogP contribution in [0.1, 0.15) is 11.3 Å². The highest BCUT2D eigenvalue weighted by Crippen LogP contribution is 2.43. The van der Waals surface area contributed by atoms with Crippen LogP contribution >= 0.6 is 0 Å². The fraction of sp³-hybridized carbons (Fsp3) is 0.133. The third kappa shape index (κ3) is 3.30. The SMILES string of the molecule is COc1cccc(-c2ccc(C=CC(=O)O)o2)c1C(F)(F)F. The first-order chi connectivity index (χ1) is 10.3. The van der Waals surface area contributed by atoms with E-state index in [0.29, 0.717) is 0 Å². The Bertz CT molecular complexity index is 714. The molecule has 0 amide bonds. The maximum absolute atomic E-state index is 13.2. The van der Waals surface area contributed by atoms with E-state index in [-0.39, 0.29) is 22.8 Å². The summed E-state index contributed by atoms with van der Waals surface area (Å²) in [4.78, 5) is 10.4. The number of ether oxygens (including phenoxy) is 1. The zero-order valence-corrected chi connectivity index (χ0v) is 11.3. The second kappa shape index (κ2) is 5.97. The van der Waals surface area contributed by atoms with Crippen molar-refractivity contribution in [2.75, 3.05) is 7.11 Å². The topological polar surface area (TPSA) is 59.7 Å². The Morgan fingerprint density at radius 1 is 1.27 bits per heavy atom. The molecule has 4 nitrogen and oxygen atoms in total. The minimum absolute atomic E-state index is 0.0312. The molecule has 0 saturated heterocycles. The summed E-state index contributed by atoms with van der Waals surface area (Å²) in [6.07, 6.45) is -2.63. The van der Waals surface area contributed by atoms with E-state index in [1.165, 1.54) is 30.3 Å². The molecule has 0 atom stereocenters. The van der Waals surface area contributed by atoms with Gasteiger partial charge in [-0.25, -0.2) is 4.79 Å². The number of methoxy groups -OCH3 is 1. The van der Waals surface area contributed by atoms with Gasteiger partial charge in [0.15, 0.2) is 0 Å². The van der Waals surface area contributed by atoms with Crippen LogP contribution in [0, 0.1) is 0 Å². The molecule has 0 spiro atoms. The fourth-order valence-electron chi connectivity index (χ4n) is 1.94. The van der Waals surface area contributed by atoms with Gasteiger partial charge < -0.3 is 14.3 Å². The highest BCUT2D eigenvalue weighted by molar-refractivity contribution is 5.84. The molecule has 0 bridgehead atoms. The molecule has 0 aliphatic rings. The summed E-state index contributed by atoms with van der Waals surface area (Å²) in [5, 5.41) is 8.52. The summed E-state index contributed by atoms with van der Waals surface area (Å²) in [6, 6.07) is 6.61. The molecule has 0 radical (unpaired) electrons. The van der Waals surface area contributed by atoms with Gasteiger partial charge in [0, 0.05) is 11.6 Å². The number of alkyl halides is 3. The van der Waals surface area contributed by atoms with Gasteiger partial charge >= 0.3 is 12.1 Å². The van der Waals surface area contributed by atoms with E-state index >= 15 is 0 Å². The number of hydrogen-bond donors (Lipinski definition) is 1. The number of benzene rings is 1. The van der Waals surface area contributed by atoms with Crippen molar-refractivity contribution in [3.8, 4) is 17.1 Å². The number of hydrogen-bond acceptors (Lipinski definition) is 3. The minimum Gasteiger partial charge on any atom is -0.496 e. The predicted octanol–water partition coefficient (Wildman–Crippen LogP) is 4.07. The fourth-order valence-corrected chi connectivity index (χ4v) is 1.94. The van der Waals surface area contributed by atoms with Crippen molar-refractivity contribution < 1.29 is 32.2 Å². The Kier molecular flexibility index (Phi) is 4.25. The van der Waals surface area contributed by atoms with Crippen LogP contribution in [-0.4, -0.2) is 18.2 Å². The molecule has 0 unspecified atom stereocenters. The maximum atomic E-state index is 13.2. The first kappa shape index (κ1) is 15.7. The number of carbonyl (C=O) groups is 1. The maximum Gasteiger partial charge on any atom is 0.420 e. The van der Waals surface area contributed by atoms with Crippen molar-refractivity contribution in [2.45, 2.75) is 6.18 Å². The first-order valence-corrected chi connectivity index (χ1v) is 6.08. The lowest BCUT2D eigenvalue weighted by atomic mass is 10.0. The van der Waals surface area contributed by atoms with Crippen molar-refractivity contribution in [1.29, 1.82) is 0 Å². The van der Waals surface area contributed by atoms with Gasteiger partial charge in [-0.2, -0.15) is 13.2 Å². The van der Waals surface area contributed by atoms with Crippen molar-refractivity contribution in [1.82, 2.24) is 0 Å². The number of carboxylic acids is 1. The molecule has 0 aliphatic carbocycles. The number of rotatable bonds is 4. The molecule has 1 heterocycles. The van der Waals surface area contributed by atoms with Crippen LogP contribution in [0.25, 0.3) is 17.4 Å². The Morgan fingerprint density at radius 3 is 2.59 bits per heavy atom. The van der Waals surface area contributed by atoms with Gasteiger partial charge in [0.05, 0.1) is 7.11 Å². The molecule has 2 rings (SSSR count). The zero-order valence-electron chi connectivity index (χ0n) is 11.3. The van der Waals surface area contributed by atoms with Crippen LogP contribution in [0.15, 0.2) is 40.8 Å². The molecular weight excluding hydrogens is 301 g/mol. The van der Waals surface area contributed by atoms with Crippen LogP contribution in [0.4, 0.5) is 13.2 Å². The quantitative estimate of drug-likeness (QED) is 0.865. The molecule has 1 aromatic carbocycles. The van der Waals surface area contributed by atoms with Gasteiger partial charge in [0.2, 0.25) is 0 Å². The van der Waals surface area contributed by atoms with Crippen LogP contribution < -0.4 is 4.74 Å². The second-order valence-electron chi connectivity index (χ2n) is 4.25. The van der Waals surface area contributed by atoms with E-state index in [9.17, 15) is 18.0 Å². The predicted molar refractivity (Wildman–Crippen MR) is 72.4 cm³/mol. The normalized spacial score (nSPS) is 11.8. The summed E-state index contributed by atoms with van der Waals surface area (Å²) in [5.41, 5.74) is -1.12. The summed E-state index contributed by atoms with van der Waals surface area (Å²) in [6.45, 7) is 0. The van der Waals surface area contributed by atoms with Crippen molar-refractivity contribution in [3.05, 3.63) is 47.7 Å². The van der Waals surface area contributed by atoms with Gasteiger partial charge in [0.25, 0.3) is 0 Å². The molecule has 0 aliphatic heterocycles. The Balaban J connectivity index is 2.51. The monoisotopic (exact) mass is 312 g/mol. The highest BCUT2D eigenvalue weighted by atomic mass is 19.4. The van der Waals surface area contributed by atoms with Crippen molar-refractivity contribution in [2.24, 2.45) is 0 Å². The lowest BCUT2D eigenvalue weighted by molar-refractivity contribution is -0.138. The summed E-state index contributed by atoms with van der Waals surface area (Å²) in [5.74, 6) is -1.40. The van der Waals surface area contributed by atoms with E-state index in [2.05, 4.69) is 0 Å². The van der Waals surface area contributed by atoms with Crippen LogP contribution in [-0.2, 0) is 11.0 Å². The highest BCUT2D eigenvalue weighted by Gasteiger charge is 2.38. The molecular formula is C15H11F3O4. The molecule has 22 heavy (non-hydrogen) atoms. The van der Waals surface area contributed by atoms with E-state index in [4.69, 9.17) is 14.3 Å². The lowest BCUT2D eigenvalue weighted by Crippen LogP contribution is -2.09. The van der Waals surface area contributed by atoms with E-state index < -0.39 is 17.7 Å². The number of carboxylic acid groups (broad SMARTS) is 1. The van der Waals surface area contributed by atoms with E-state index in [0.717, 1.165) is 19.3 Å². The summed E-state index contributed by atoms with van der Waals surface area (Å²) >= 11 is 0. The Morgan fingerprint density at radius 2 is 2.00 bits per heavy atom. The van der Waals surface area contributed by atoms with Gasteiger partial charge in [-0.15, -0.1) is 0 Å². The van der Waals surface area contributed by atoms with Crippen molar-refractivity contribution in [3.63, 3.8) is 0 Å². The second-order valence-corrected chi connectivity index (χ2v) is 4.25. The molecule has 0 saturated carbocycles. The van der Waals surface area contributed by atoms with Gasteiger partial charge in [-0.05, 0) is 24.3 Å². The van der Waals surface area contributed by atoms with Crippen LogP contribution in [0.2, 0.25) is 0 Å². The standard InChI is InChI=1S/C15H11F3O4/c1-21-12-4-2-3-10(14(12)15(16,17)18)11-7-5-9(22-11)6-8-13(19)20/h2-8H,1H3,(H,19,20). The number of aliphatic carboxylic acids is 1. The van der Waals surface area contributed by atoms with E-state index in [1.807, 2.05) is 0 Å². The summed E-state index contributed by atoms with van der Waals surface area (Å²) < 4.78 is 49.7. The van der Waals surface area contributed by atoms with Crippen LogP contribution in [0.3, 0.4) is 0 Å². The molecule has 1 aromatic heterocycles. The zero-order chi connectivity index (χ0) is 16.3. The Labute approximate surface area is 123 Å². The molecule has 116 valence electrons. The minimum atomic E-state index is -4.62. The molecule has 0 fully saturated rings. The summed E-state index contributed by atoms with van der Waals surface area (Å²) in [7, 11) is 1.15. The molecule has 1 N–H and O–H groups in total. The largest absolute Gasteiger partial charge is 0.496 e. The lowest BCUT2D eigenvalue weighted by Gasteiger charge is -2.15. The first-order valence-electron chi connectivity index (χ1n) is 6.08. The third-order valence-corrected chi connectivity index (χ3v) is 2.81. The average molecular weight is 312 g/mol. The van der Waals surface area contributed by atoms with Gasteiger partial charge in [-0.3, -0.25) is 0 Å².